The highest BCUT2D eigenvalue weighted by Gasteiger charge is 2.40. The smallest absolute Gasteiger partial charge is 0.269 e. The number of nitrogens with zero attached hydrogens (tertiary/aromatic N) is 6. The number of carbonyl (C=O) groups excluding carboxylic acids is 3. The SMILES string of the molecule is Cc1ccccc1-c1cccc(NC(=O)[C@@H]2C[C@@H](F)CN2C(=O)Cn2nc(C(N)=O)c3cc(-c4cnc(N5CCCC5)nc4)ccc32)c1F. The number of aryl methyl sites for hydroxylation is 1. The molecule has 2 atom stereocenters. The van der Waals surface area contributed by atoms with Crippen LogP contribution < -0.4 is 16.0 Å². The monoisotopic (exact) mass is 664 g/mol. The van der Waals surface area contributed by atoms with Crippen LogP contribution in [0.5, 0.6) is 0 Å². The van der Waals surface area contributed by atoms with Gasteiger partial charge in [0.1, 0.15) is 18.8 Å². The van der Waals surface area contributed by atoms with Crippen molar-refractivity contribution in [1.29, 1.82) is 0 Å². The van der Waals surface area contributed by atoms with Gasteiger partial charge in [-0.3, -0.25) is 19.1 Å². The predicted octanol–water partition coefficient (Wildman–Crippen LogP) is 4.88. The van der Waals surface area contributed by atoms with Crippen LogP contribution in [0.15, 0.2) is 73.1 Å². The van der Waals surface area contributed by atoms with Gasteiger partial charge in [0.15, 0.2) is 11.5 Å². The number of rotatable bonds is 8. The number of nitrogens with two attached hydrogens (primary N) is 1. The van der Waals surface area contributed by atoms with Gasteiger partial charge in [0.2, 0.25) is 17.8 Å². The van der Waals surface area contributed by atoms with Crippen LogP contribution in [0.4, 0.5) is 20.4 Å². The van der Waals surface area contributed by atoms with Crippen LogP contribution in [0.1, 0.15) is 35.3 Å². The number of halogens is 2. The van der Waals surface area contributed by atoms with Crippen molar-refractivity contribution in [3.8, 4) is 22.3 Å². The number of aromatic nitrogens is 4. The van der Waals surface area contributed by atoms with Crippen LogP contribution in [0.25, 0.3) is 33.2 Å². The van der Waals surface area contributed by atoms with Crippen LogP contribution in [0.3, 0.4) is 0 Å². The number of amides is 3. The second-order valence-corrected chi connectivity index (χ2v) is 12.4. The molecule has 2 saturated heterocycles. The Hall–Kier alpha value is -5.72. The lowest BCUT2D eigenvalue weighted by atomic mass is 9.99. The Balaban J connectivity index is 1.11. The van der Waals surface area contributed by atoms with Gasteiger partial charge >= 0.3 is 0 Å². The first kappa shape index (κ1) is 31.9. The molecule has 0 saturated carbocycles. The molecule has 3 N–H and O–H groups in total. The number of hydrogen-bond donors (Lipinski definition) is 2. The van der Waals surface area contributed by atoms with E-state index < -0.39 is 35.8 Å². The average Bonchev–Trinajstić information content (AvgIpc) is 3.86. The van der Waals surface area contributed by atoms with Gasteiger partial charge in [0.05, 0.1) is 17.7 Å². The maximum atomic E-state index is 15.6. The second kappa shape index (κ2) is 13.1. The zero-order valence-electron chi connectivity index (χ0n) is 26.8. The second-order valence-electron chi connectivity index (χ2n) is 12.4. The third kappa shape index (κ3) is 6.19. The summed E-state index contributed by atoms with van der Waals surface area (Å²) in [5.74, 6) is -2.05. The first-order chi connectivity index (χ1) is 23.7. The first-order valence-electron chi connectivity index (χ1n) is 16.1. The first-order valence-corrected chi connectivity index (χ1v) is 16.1. The van der Waals surface area contributed by atoms with Crippen molar-refractivity contribution in [3.63, 3.8) is 0 Å². The number of hydrogen-bond acceptors (Lipinski definition) is 7. The average molecular weight is 665 g/mol. The maximum Gasteiger partial charge on any atom is 0.269 e. The van der Waals surface area contributed by atoms with Gasteiger partial charge in [-0.15, -0.1) is 0 Å². The van der Waals surface area contributed by atoms with Crippen LogP contribution in [-0.2, 0) is 16.1 Å². The standard InChI is InChI=1S/C36H34F2N8O3/c1-21-7-2-3-8-25(21)26-9-6-10-28(32(26)38)42-35(49)30-16-24(37)19-45(30)31(47)20-46-29-12-11-22(15-27(29)33(43-46)34(39)48)23-17-40-36(41-18-23)44-13-4-5-14-44/h2-3,6-12,15,17-18,24,30H,4-5,13-14,16,19-20H2,1H3,(H2,39,48)(H,42,49)/t24-,30+/m1/s1. The lowest BCUT2D eigenvalue weighted by Gasteiger charge is -2.24. The van der Waals surface area contributed by atoms with Crippen molar-refractivity contribution in [3.05, 3.63) is 90.1 Å². The lowest BCUT2D eigenvalue weighted by Crippen LogP contribution is -2.44. The van der Waals surface area contributed by atoms with Gasteiger partial charge in [0.25, 0.3) is 5.91 Å². The van der Waals surface area contributed by atoms with Crippen molar-refractivity contribution in [2.45, 2.75) is 44.9 Å². The van der Waals surface area contributed by atoms with Crippen LogP contribution in [0.2, 0.25) is 0 Å². The number of fused-ring (bicyclic) bond motifs is 1. The van der Waals surface area contributed by atoms with E-state index in [0.717, 1.165) is 47.5 Å². The summed E-state index contributed by atoms with van der Waals surface area (Å²) in [5.41, 5.74) is 9.31. The molecule has 0 aliphatic carbocycles. The maximum absolute atomic E-state index is 15.6. The quantitative estimate of drug-likeness (QED) is 0.241. The minimum atomic E-state index is -1.46. The molecule has 2 aromatic heterocycles. The van der Waals surface area contributed by atoms with Crippen LogP contribution in [-0.4, -0.2) is 74.2 Å². The normalized spacial score (nSPS) is 17.5. The number of alkyl halides is 1. The molecule has 13 heteroatoms. The zero-order chi connectivity index (χ0) is 34.2. The minimum Gasteiger partial charge on any atom is -0.364 e. The summed E-state index contributed by atoms with van der Waals surface area (Å²) >= 11 is 0. The fourth-order valence-electron chi connectivity index (χ4n) is 6.67. The van der Waals surface area contributed by atoms with E-state index in [1.807, 2.05) is 19.1 Å². The summed E-state index contributed by atoms with van der Waals surface area (Å²) in [4.78, 5) is 51.8. The number of primary amides is 1. The highest BCUT2D eigenvalue weighted by atomic mass is 19.1. The predicted molar refractivity (Wildman–Crippen MR) is 181 cm³/mol. The summed E-state index contributed by atoms with van der Waals surface area (Å²) < 4.78 is 31.7. The molecule has 5 aromatic rings. The number of benzene rings is 3. The highest BCUT2D eigenvalue weighted by Crippen LogP contribution is 2.32. The number of nitrogens with one attached hydrogen (secondary N) is 1. The third-order valence-electron chi connectivity index (χ3n) is 9.19. The summed E-state index contributed by atoms with van der Waals surface area (Å²) in [7, 11) is 0. The van der Waals surface area contributed by atoms with Crippen LogP contribution >= 0.6 is 0 Å². The van der Waals surface area contributed by atoms with Gasteiger partial charge in [-0.1, -0.05) is 42.5 Å². The molecule has 250 valence electrons. The van der Waals surface area contributed by atoms with E-state index in [9.17, 15) is 18.8 Å². The molecule has 0 spiro atoms. The van der Waals surface area contributed by atoms with Crippen molar-refractivity contribution >= 4 is 40.3 Å². The van der Waals surface area contributed by atoms with Gasteiger partial charge < -0.3 is 20.9 Å². The van der Waals surface area contributed by atoms with Gasteiger partial charge in [0, 0.05) is 48.4 Å². The van der Waals surface area contributed by atoms with E-state index in [4.69, 9.17) is 5.73 Å². The molecule has 0 unspecified atom stereocenters. The largest absolute Gasteiger partial charge is 0.364 e. The number of anilines is 2. The summed E-state index contributed by atoms with van der Waals surface area (Å²) in [6.07, 6.45) is 3.94. The Morgan fingerprint density at radius 2 is 1.69 bits per heavy atom. The van der Waals surface area contributed by atoms with E-state index >= 15 is 4.39 Å². The minimum absolute atomic E-state index is 0.0395. The van der Waals surface area contributed by atoms with E-state index in [2.05, 4.69) is 25.3 Å². The lowest BCUT2D eigenvalue weighted by molar-refractivity contribution is -0.137. The Kier molecular flexibility index (Phi) is 8.49. The molecule has 7 rings (SSSR count). The van der Waals surface area contributed by atoms with E-state index in [1.165, 1.54) is 10.7 Å². The van der Waals surface area contributed by atoms with Gasteiger partial charge in [-0.2, -0.15) is 5.10 Å². The molecule has 2 aliphatic heterocycles. The Bertz CT molecular complexity index is 2080. The zero-order valence-corrected chi connectivity index (χ0v) is 26.8. The molecule has 2 aliphatic rings. The molecule has 0 bridgehead atoms. The molecule has 0 radical (unpaired) electrons. The number of likely N-dealkylation sites (tertiary alicyclic amines) is 1. The molecule has 49 heavy (non-hydrogen) atoms. The molecule has 3 amide bonds. The summed E-state index contributed by atoms with van der Waals surface area (Å²) in [6.45, 7) is 2.99. The van der Waals surface area contributed by atoms with Crippen molar-refractivity contribution in [2.24, 2.45) is 5.73 Å². The molecule has 11 nitrogen and oxygen atoms in total. The molecule has 4 heterocycles. The van der Waals surface area contributed by atoms with E-state index in [0.29, 0.717) is 28.0 Å². The highest BCUT2D eigenvalue weighted by molar-refractivity contribution is 6.05. The van der Waals surface area contributed by atoms with Crippen molar-refractivity contribution < 1.29 is 23.2 Å². The summed E-state index contributed by atoms with van der Waals surface area (Å²) in [6, 6.07) is 16.0. The fourth-order valence-corrected chi connectivity index (χ4v) is 6.67. The van der Waals surface area contributed by atoms with Crippen LogP contribution in [0, 0.1) is 12.7 Å². The Morgan fingerprint density at radius 3 is 2.43 bits per heavy atom. The molecular formula is C36H34F2N8O3. The fraction of sp³-hybridized carbons (Fsp3) is 0.278. The third-order valence-corrected chi connectivity index (χ3v) is 9.19. The van der Waals surface area contributed by atoms with Crippen molar-refractivity contribution in [2.75, 3.05) is 29.9 Å². The van der Waals surface area contributed by atoms with Crippen molar-refractivity contribution in [1.82, 2.24) is 24.6 Å². The van der Waals surface area contributed by atoms with E-state index in [-0.39, 0.29) is 30.9 Å². The number of carbonyl (C=O) groups is 3. The Labute approximate surface area is 280 Å². The molecular weight excluding hydrogens is 630 g/mol. The Morgan fingerprint density at radius 1 is 0.959 bits per heavy atom. The van der Waals surface area contributed by atoms with Gasteiger partial charge in [-0.25, -0.2) is 18.7 Å². The van der Waals surface area contributed by atoms with Gasteiger partial charge in [-0.05, 0) is 54.7 Å². The van der Waals surface area contributed by atoms with E-state index in [1.54, 1.807) is 54.9 Å². The molecule has 2 fully saturated rings. The topological polar surface area (TPSA) is 139 Å². The molecule has 3 aromatic carbocycles. The summed E-state index contributed by atoms with van der Waals surface area (Å²) in [5, 5.41) is 7.32.